The fourth-order valence-corrected chi connectivity index (χ4v) is 2.75. The van der Waals surface area contributed by atoms with Gasteiger partial charge in [0.2, 0.25) is 5.91 Å². The summed E-state index contributed by atoms with van der Waals surface area (Å²) in [6.45, 7) is 5.42. The van der Waals surface area contributed by atoms with Crippen molar-refractivity contribution in [3.8, 4) is 0 Å². The zero-order valence-corrected chi connectivity index (χ0v) is 13.2. The normalized spacial score (nSPS) is 18.6. The van der Waals surface area contributed by atoms with Crippen molar-refractivity contribution in [2.45, 2.75) is 19.5 Å². The van der Waals surface area contributed by atoms with E-state index in [2.05, 4.69) is 17.6 Å². The first-order valence-corrected chi connectivity index (χ1v) is 7.60. The summed E-state index contributed by atoms with van der Waals surface area (Å²) >= 11 is 6.41. The summed E-state index contributed by atoms with van der Waals surface area (Å²) in [4.78, 5) is 14.0. The van der Waals surface area contributed by atoms with Crippen LogP contribution in [0.1, 0.15) is 12.5 Å². The minimum absolute atomic E-state index is 0.0532. The molecule has 0 bridgehead atoms. The number of ether oxygens (including phenoxy) is 1. The van der Waals surface area contributed by atoms with E-state index in [0.717, 1.165) is 24.3 Å². The van der Waals surface area contributed by atoms with Gasteiger partial charge in [0.25, 0.3) is 0 Å². The van der Waals surface area contributed by atoms with E-state index in [-0.39, 0.29) is 11.9 Å². The number of rotatable bonds is 5. The number of carbonyl (C=O) groups excluding carboxylic acids is 1. The van der Waals surface area contributed by atoms with Gasteiger partial charge in [-0.2, -0.15) is 0 Å². The molecule has 2 rings (SSSR count). The van der Waals surface area contributed by atoms with Gasteiger partial charge in [-0.25, -0.2) is 0 Å². The highest BCUT2D eigenvalue weighted by atomic mass is 35.5. The molecule has 5 nitrogen and oxygen atoms in total. The summed E-state index contributed by atoms with van der Waals surface area (Å²) < 4.78 is 5.42. The lowest BCUT2D eigenvalue weighted by Crippen LogP contribution is -2.53. The molecule has 0 saturated carbocycles. The van der Waals surface area contributed by atoms with Gasteiger partial charge in [0.15, 0.2) is 0 Å². The van der Waals surface area contributed by atoms with Crippen molar-refractivity contribution in [3.63, 3.8) is 0 Å². The van der Waals surface area contributed by atoms with E-state index in [1.165, 1.54) is 0 Å². The van der Waals surface area contributed by atoms with Gasteiger partial charge in [-0.05, 0) is 24.2 Å². The summed E-state index contributed by atoms with van der Waals surface area (Å²) in [5, 5.41) is 6.62. The van der Waals surface area contributed by atoms with E-state index in [1.54, 1.807) is 7.05 Å². The van der Waals surface area contributed by atoms with Crippen LogP contribution >= 0.6 is 11.6 Å². The van der Waals surface area contributed by atoms with Gasteiger partial charge in [-0.3, -0.25) is 4.79 Å². The molecule has 1 aliphatic rings. The zero-order valence-electron chi connectivity index (χ0n) is 12.5. The predicted molar refractivity (Wildman–Crippen MR) is 84.9 cm³/mol. The number of hydrogen-bond acceptors (Lipinski definition) is 4. The predicted octanol–water partition coefficient (Wildman–Crippen LogP) is 1.40. The van der Waals surface area contributed by atoms with E-state index in [9.17, 15) is 4.79 Å². The Hall–Kier alpha value is -1.30. The molecule has 2 N–H and O–H groups in total. The van der Waals surface area contributed by atoms with E-state index < -0.39 is 0 Å². The lowest BCUT2D eigenvalue weighted by molar-refractivity contribution is -0.124. The van der Waals surface area contributed by atoms with Gasteiger partial charge in [0.05, 0.1) is 23.9 Å². The highest BCUT2D eigenvalue weighted by Crippen LogP contribution is 2.29. The molecule has 1 amide bonds. The third-order valence-corrected chi connectivity index (χ3v) is 3.88. The minimum atomic E-state index is -0.333. The van der Waals surface area contributed by atoms with Crippen molar-refractivity contribution in [2.24, 2.45) is 0 Å². The zero-order chi connectivity index (χ0) is 15.2. The third kappa shape index (κ3) is 3.87. The molecule has 1 aliphatic heterocycles. The molecule has 0 radical (unpaired) electrons. The molecule has 21 heavy (non-hydrogen) atoms. The fraction of sp³-hybridized carbons (Fsp3) is 0.533. The SMILES string of the molecule is CCNCc1ccc(N2CCOCC2C(=O)NC)c(Cl)c1. The number of hydrogen-bond donors (Lipinski definition) is 2. The maximum atomic E-state index is 12.0. The molecule has 0 spiro atoms. The van der Waals surface area contributed by atoms with Gasteiger partial charge in [-0.15, -0.1) is 0 Å². The second-order valence-corrected chi connectivity index (χ2v) is 5.37. The topological polar surface area (TPSA) is 53.6 Å². The Bertz CT molecular complexity index is 496. The van der Waals surface area contributed by atoms with Crippen LogP contribution in [0.5, 0.6) is 0 Å². The van der Waals surface area contributed by atoms with Crippen LogP contribution in [0.3, 0.4) is 0 Å². The largest absolute Gasteiger partial charge is 0.377 e. The summed E-state index contributed by atoms with van der Waals surface area (Å²) in [6, 6.07) is 5.65. The Balaban J connectivity index is 2.20. The van der Waals surface area contributed by atoms with Crippen LogP contribution < -0.4 is 15.5 Å². The van der Waals surface area contributed by atoms with Gasteiger partial charge < -0.3 is 20.3 Å². The summed E-state index contributed by atoms with van der Waals surface area (Å²) in [5.41, 5.74) is 2.02. The number of amides is 1. The second-order valence-electron chi connectivity index (χ2n) is 4.96. The van der Waals surface area contributed by atoms with Gasteiger partial charge in [0, 0.05) is 20.1 Å². The number of halogens is 1. The summed E-state index contributed by atoms with van der Waals surface area (Å²) in [7, 11) is 1.64. The minimum Gasteiger partial charge on any atom is -0.377 e. The quantitative estimate of drug-likeness (QED) is 0.863. The second kappa shape index (κ2) is 7.64. The number of nitrogens with zero attached hydrogens (tertiary/aromatic N) is 1. The van der Waals surface area contributed by atoms with Crippen molar-refractivity contribution < 1.29 is 9.53 Å². The van der Waals surface area contributed by atoms with Crippen molar-refractivity contribution in [1.82, 2.24) is 10.6 Å². The van der Waals surface area contributed by atoms with Gasteiger partial charge in [0.1, 0.15) is 6.04 Å². The van der Waals surface area contributed by atoms with Crippen LogP contribution in [-0.2, 0) is 16.1 Å². The fourth-order valence-electron chi connectivity index (χ4n) is 2.44. The number of morpholine rings is 1. The van der Waals surface area contributed by atoms with Crippen LogP contribution in [0.4, 0.5) is 5.69 Å². The Kier molecular flexibility index (Phi) is 5.85. The van der Waals surface area contributed by atoms with E-state index in [1.807, 2.05) is 23.1 Å². The lowest BCUT2D eigenvalue weighted by atomic mass is 10.1. The van der Waals surface area contributed by atoms with E-state index >= 15 is 0 Å². The monoisotopic (exact) mass is 311 g/mol. The first-order valence-electron chi connectivity index (χ1n) is 7.22. The number of benzene rings is 1. The molecule has 1 aromatic rings. The van der Waals surface area contributed by atoms with Gasteiger partial charge in [-0.1, -0.05) is 24.6 Å². The third-order valence-electron chi connectivity index (χ3n) is 3.58. The van der Waals surface area contributed by atoms with Crippen molar-refractivity contribution in [1.29, 1.82) is 0 Å². The Morgan fingerprint density at radius 1 is 1.52 bits per heavy atom. The van der Waals surface area contributed by atoms with E-state index in [4.69, 9.17) is 16.3 Å². The number of anilines is 1. The van der Waals surface area contributed by atoms with Crippen molar-refractivity contribution in [2.75, 3.05) is 38.3 Å². The van der Waals surface area contributed by atoms with E-state index in [0.29, 0.717) is 24.8 Å². The molecule has 6 heteroatoms. The Morgan fingerprint density at radius 2 is 2.33 bits per heavy atom. The maximum Gasteiger partial charge on any atom is 0.244 e. The van der Waals surface area contributed by atoms with Crippen LogP contribution in [0.2, 0.25) is 5.02 Å². The first kappa shape index (κ1) is 16.1. The number of carbonyl (C=O) groups is 1. The molecule has 116 valence electrons. The Morgan fingerprint density at radius 3 is 3.00 bits per heavy atom. The molecule has 1 saturated heterocycles. The molecular weight excluding hydrogens is 290 g/mol. The first-order chi connectivity index (χ1) is 10.2. The molecule has 1 fully saturated rings. The van der Waals surface area contributed by atoms with Crippen molar-refractivity contribution >= 4 is 23.2 Å². The Labute approximate surface area is 130 Å². The highest BCUT2D eigenvalue weighted by Gasteiger charge is 2.30. The molecule has 0 aliphatic carbocycles. The highest BCUT2D eigenvalue weighted by molar-refractivity contribution is 6.33. The van der Waals surface area contributed by atoms with Crippen LogP contribution in [-0.4, -0.2) is 45.3 Å². The molecule has 1 heterocycles. The van der Waals surface area contributed by atoms with Crippen LogP contribution in [0, 0.1) is 0 Å². The number of nitrogens with one attached hydrogen (secondary N) is 2. The summed E-state index contributed by atoms with van der Waals surface area (Å²) in [5.74, 6) is -0.0532. The van der Waals surface area contributed by atoms with Crippen LogP contribution in [0.25, 0.3) is 0 Å². The van der Waals surface area contributed by atoms with Crippen molar-refractivity contribution in [3.05, 3.63) is 28.8 Å². The molecule has 1 atom stereocenters. The lowest BCUT2D eigenvalue weighted by Gasteiger charge is -2.36. The molecule has 1 aromatic carbocycles. The molecule has 1 unspecified atom stereocenters. The smallest absolute Gasteiger partial charge is 0.244 e. The summed E-state index contributed by atoms with van der Waals surface area (Å²) in [6.07, 6.45) is 0. The maximum absolute atomic E-state index is 12.0. The van der Waals surface area contributed by atoms with Crippen LogP contribution in [0.15, 0.2) is 18.2 Å². The number of likely N-dealkylation sites (N-methyl/N-ethyl adjacent to an activating group) is 1. The average Bonchev–Trinajstić information content (AvgIpc) is 2.52. The standard InChI is InChI=1S/C15H22ClN3O2/c1-3-18-9-11-4-5-13(12(16)8-11)19-6-7-21-10-14(19)15(20)17-2/h4-5,8,14,18H,3,6-7,9-10H2,1-2H3,(H,17,20). The molecular formula is C15H22ClN3O2. The molecule has 0 aromatic heterocycles. The average molecular weight is 312 g/mol. The van der Waals surface area contributed by atoms with Gasteiger partial charge >= 0.3 is 0 Å².